The summed E-state index contributed by atoms with van der Waals surface area (Å²) in [5, 5.41) is 4.23. The summed E-state index contributed by atoms with van der Waals surface area (Å²) in [6, 6.07) is 19.6. The zero-order chi connectivity index (χ0) is 23.5. The van der Waals surface area contributed by atoms with Gasteiger partial charge in [-0.05, 0) is 49.4 Å². The molecule has 2 aromatic heterocycles. The van der Waals surface area contributed by atoms with Crippen LogP contribution < -0.4 is 9.64 Å². The number of rotatable bonds is 6. The Balaban J connectivity index is 1.26. The monoisotopic (exact) mass is 476 g/mol. The summed E-state index contributed by atoms with van der Waals surface area (Å²) in [5.74, 6) is 3.36. The fraction of sp³-hybridized carbons (Fsp3) is 0.208. The van der Waals surface area contributed by atoms with E-state index in [0.717, 1.165) is 5.82 Å². The largest absolute Gasteiger partial charge is 0.457 e. The van der Waals surface area contributed by atoms with Crippen molar-refractivity contribution in [2.75, 3.05) is 31.1 Å². The van der Waals surface area contributed by atoms with Gasteiger partial charge in [0.15, 0.2) is 5.82 Å². The predicted molar refractivity (Wildman–Crippen MR) is 128 cm³/mol. The molecule has 0 radical (unpaired) electrons. The highest BCUT2D eigenvalue weighted by molar-refractivity contribution is 7.89. The lowest BCUT2D eigenvalue weighted by atomic mass is 10.3. The van der Waals surface area contributed by atoms with E-state index in [1.807, 2.05) is 55.6 Å². The minimum Gasteiger partial charge on any atom is -0.457 e. The first kappa shape index (κ1) is 22.1. The molecule has 4 aromatic rings. The molecule has 174 valence electrons. The first-order valence-electron chi connectivity index (χ1n) is 10.9. The van der Waals surface area contributed by atoms with Crippen molar-refractivity contribution in [3.8, 4) is 17.3 Å². The Labute approximate surface area is 198 Å². The first-order chi connectivity index (χ1) is 16.5. The number of aromatic nitrogens is 4. The number of anilines is 1. The molecule has 0 spiro atoms. The molecule has 5 rings (SSSR count). The van der Waals surface area contributed by atoms with E-state index >= 15 is 0 Å². The second-order valence-electron chi connectivity index (χ2n) is 7.86. The van der Waals surface area contributed by atoms with E-state index in [9.17, 15) is 8.42 Å². The first-order valence-corrected chi connectivity index (χ1v) is 12.4. The van der Waals surface area contributed by atoms with Crippen LogP contribution in [0.1, 0.15) is 5.82 Å². The standard InChI is InChI=1S/C24H24N6O3S/c1-19-26-23(18-24(27-19)30-13-5-12-25-30)28-14-16-29(17-15-28)34(31,32)22-10-8-21(9-11-22)33-20-6-3-2-4-7-20/h2-13,18H,14-17H2,1H3. The summed E-state index contributed by atoms with van der Waals surface area (Å²) in [6.07, 6.45) is 3.52. The Morgan fingerprint density at radius 1 is 0.824 bits per heavy atom. The molecule has 34 heavy (non-hydrogen) atoms. The summed E-state index contributed by atoms with van der Waals surface area (Å²) in [5.41, 5.74) is 0. The number of piperazine rings is 1. The molecule has 0 amide bonds. The van der Waals surface area contributed by atoms with Crippen LogP contribution in [0.3, 0.4) is 0 Å². The zero-order valence-corrected chi connectivity index (χ0v) is 19.5. The minimum atomic E-state index is -3.60. The smallest absolute Gasteiger partial charge is 0.243 e. The quantitative estimate of drug-likeness (QED) is 0.422. The van der Waals surface area contributed by atoms with Gasteiger partial charge in [0.25, 0.3) is 0 Å². The van der Waals surface area contributed by atoms with Crippen molar-refractivity contribution < 1.29 is 13.2 Å². The lowest BCUT2D eigenvalue weighted by Crippen LogP contribution is -2.49. The molecular weight excluding hydrogens is 452 g/mol. The number of hydrogen-bond donors (Lipinski definition) is 0. The third-order valence-electron chi connectivity index (χ3n) is 5.55. The molecule has 0 atom stereocenters. The molecular formula is C24H24N6O3S. The van der Waals surface area contributed by atoms with Gasteiger partial charge in [-0.3, -0.25) is 0 Å². The van der Waals surface area contributed by atoms with Crippen LogP contribution in [-0.2, 0) is 10.0 Å². The predicted octanol–water partition coefficient (Wildman–Crippen LogP) is 3.27. The van der Waals surface area contributed by atoms with Gasteiger partial charge < -0.3 is 9.64 Å². The van der Waals surface area contributed by atoms with Crippen LogP contribution in [0.5, 0.6) is 11.5 Å². The van der Waals surface area contributed by atoms with Gasteiger partial charge >= 0.3 is 0 Å². The molecule has 1 aliphatic heterocycles. The van der Waals surface area contributed by atoms with Crippen LogP contribution in [0.15, 0.2) is 84.0 Å². The number of benzene rings is 2. The van der Waals surface area contributed by atoms with Gasteiger partial charge in [-0.2, -0.15) is 9.40 Å². The average Bonchev–Trinajstić information content (AvgIpc) is 3.40. The second-order valence-corrected chi connectivity index (χ2v) is 9.80. The zero-order valence-electron chi connectivity index (χ0n) is 18.7. The molecule has 0 saturated carbocycles. The fourth-order valence-corrected chi connectivity index (χ4v) is 5.25. The summed E-state index contributed by atoms with van der Waals surface area (Å²) >= 11 is 0. The Kier molecular flexibility index (Phi) is 5.99. The number of sulfonamides is 1. The van der Waals surface area contributed by atoms with Crippen molar-refractivity contribution >= 4 is 15.8 Å². The minimum absolute atomic E-state index is 0.250. The molecule has 10 heteroatoms. The Morgan fingerprint density at radius 3 is 2.18 bits per heavy atom. The highest BCUT2D eigenvalue weighted by Gasteiger charge is 2.29. The van der Waals surface area contributed by atoms with Gasteiger partial charge in [-0.15, -0.1) is 0 Å². The number of ether oxygens (including phenoxy) is 1. The summed E-state index contributed by atoms with van der Waals surface area (Å²) in [7, 11) is -3.60. The number of hydrogen-bond acceptors (Lipinski definition) is 7. The van der Waals surface area contributed by atoms with Crippen molar-refractivity contribution in [2.24, 2.45) is 0 Å². The molecule has 0 unspecified atom stereocenters. The molecule has 1 aliphatic rings. The van der Waals surface area contributed by atoms with Crippen molar-refractivity contribution in [1.29, 1.82) is 0 Å². The van der Waals surface area contributed by atoms with Crippen LogP contribution in [0.4, 0.5) is 5.82 Å². The third-order valence-corrected chi connectivity index (χ3v) is 7.47. The van der Waals surface area contributed by atoms with Gasteiger partial charge in [0.05, 0.1) is 4.90 Å². The van der Waals surface area contributed by atoms with Crippen molar-refractivity contribution in [1.82, 2.24) is 24.1 Å². The lowest BCUT2D eigenvalue weighted by Gasteiger charge is -2.34. The Morgan fingerprint density at radius 2 is 1.50 bits per heavy atom. The van der Waals surface area contributed by atoms with Crippen molar-refractivity contribution in [3.63, 3.8) is 0 Å². The summed E-state index contributed by atoms with van der Waals surface area (Å²) < 4.78 is 35.4. The van der Waals surface area contributed by atoms with Crippen molar-refractivity contribution in [2.45, 2.75) is 11.8 Å². The van der Waals surface area contributed by atoms with Crippen LogP contribution in [0.25, 0.3) is 5.82 Å². The van der Waals surface area contributed by atoms with Crippen molar-refractivity contribution in [3.05, 3.63) is 84.9 Å². The van der Waals surface area contributed by atoms with Gasteiger partial charge in [-0.1, -0.05) is 18.2 Å². The van der Waals surface area contributed by atoms with Crippen LogP contribution in [-0.4, -0.2) is 58.7 Å². The van der Waals surface area contributed by atoms with E-state index in [1.54, 1.807) is 35.1 Å². The maximum absolute atomic E-state index is 13.2. The summed E-state index contributed by atoms with van der Waals surface area (Å²) in [4.78, 5) is 11.3. The lowest BCUT2D eigenvalue weighted by molar-refractivity contribution is 0.383. The number of nitrogens with zero attached hydrogens (tertiary/aromatic N) is 6. The van der Waals surface area contributed by atoms with E-state index in [2.05, 4.69) is 20.0 Å². The Hall–Kier alpha value is -3.76. The maximum Gasteiger partial charge on any atom is 0.243 e. The van der Waals surface area contributed by atoms with E-state index in [0.29, 0.717) is 49.3 Å². The normalized spacial score (nSPS) is 14.8. The highest BCUT2D eigenvalue weighted by atomic mass is 32.2. The highest BCUT2D eigenvalue weighted by Crippen LogP contribution is 2.25. The van der Waals surface area contributed by atoms with Crippen LogP contribution in [0.2, 0.25) is 0 Å². The van der Waals surface area contributed by atoms with E-state index in [1.165, 1.54) is 4.31 Å². The molecule has 3 heterocycles. The number of aryl methyl sites for hydroxylation is 1. The third kappa shape index (κ3) is 4.63. The van der Waals surface area contributed by atoms with Gasteiger partial charge in [0.1, 0.15) is 23.1 Å². The second kappa shape index (κ2) is 9.24. The van der Waals surface area contributed by atoms with Crippen LogP contribution >= 0.6 is 0 Å². The average molecular weight is 477 g/mol. The van der Waals surface area contributed by atoms with Gasteiger partial charge in [0.2, 0.25) is 10.0 Å². The molecule has 9 nitrogen and oxygen atoms in total. The van der Waals surface area contributed by atoms with E-state index in [4.69, 9.17) is 4.74 Å². The molecule has 0 bridgehead atoms. The van der Waals surface area contributed by atoms with Gasteiger partial charge in [0, 0.05) is 44.6 Å². The summed E-state index contributed by atoms with van der Waals surface area (Å²) in [6.45, 7) is 3.63. The number of para-hydroxylation sites is 1. The Bertz CT molecular complexity index is 1350. The molecule has 0 N–H and O–H groups in total. The molecule has 1 saturated heterocycles. The topological polar surface area (TPSA) is 93.5 Å². The maximum atomic E-state index is 13.2. The fourth-order valence-electron chi connectivity index (χ4n) is 3.83. The molecule has 2 aromatic carbocycles. The van der Waals surface area contributed by atoms with E-state index < -0.39 is 10.0 Å². The SMILES string of the molecule is Cc1nc(N2CCN(S(=O)(=O)c3ccc(Oc4ccccc4)cc3)CC2)cc(-n2cccn2)n1. The molecule has 0 aliphatic carbocycles. The van der Waals surface area contributed by atoms with E-state index in [-0.39, 0.29) is 4.90 Å². The molecule has 1 fully saturated rings. The van der Waals surface area contributed by atoms with Crippen LogP contribution in [0, 0.1) is 6.92 Å². The van der Waals surface area contributed by atoms with Gasteiger partial charge in [-0.25, -0.2) is 23.1 Å².